The molecule has 17 heavy (non-hydrogen) atoms. The Balaban J connectivity index is 1.90. The summed E-state index contributed by atoms with van der Waals surface area (Å²) in [5.41, 5.74) is 1.49. The van der Waals surface area contributed by atoms with Crippen molar-refractivity contribution in [3.05, 3.63) is 29.8 Å². The second-order valence-corrected chi connectivity index (χ2v) is 5.71. The lowest BCUT2D eigenvalue weighted by Gasteiger charge is -2.26. The molecule has 0 aromatic heterocycles. The Hall–Kier alpha value is -0.510. The summed E-state index contributed by atoms with van der Waals surface area (Å²) in [5.74, 6) is 1.23. The lowest BCUT2D eigenvalue weighted by molar-refractivity contribution is 0.337. The van der Waals surface area contributed by atoms with Gasteiger partial charge in [0.2, 0.25) is 0 Å². The standard InChI is InChI=1S/C14H22N2S/c1-3-16(2)10-9-15-13-8-11-17-14-7-5-4-6-12(13)14/h4-7,13,15H,3,8-11H2,1-2H3. The van der Waals surface area contributed by atoms with E-state index in [4.69, 9.17) is 0 Å². The lowest BCUT2D eigenvalue weighted by atomic mass is 10.0. The number of nitrogens with zero attached hydrogens (tertiary/aromatic N) is 1. The van der Waals surface area contributed by atoms with Gasteiger partial charge in [0.15, 0.2) is 0 Å². The van der Waals surface area contributed by atoms with Gasteiger partial charge in [-0.15, -0.1) is 11.8 Å². The molecule has 0 spiro atoms. The minimum absolute atomic E-state index is 0.553. The Labute approximate surface area is 109 Å². The van der Waals surface area contributed by atoms with Gasteiger partial charge in [-0.1, -0.05) is 25.1 Å². The molecule has 0 saturated carbocycles. The third kappa shape index (κ3) is 3.47. The normalized spacial score (nSPS) is 19.4. The Morgan fingerprint density at radius 1 is 1.41 bits per heavy atom. The third-order valence-electron chi connectivity index (χ3n) is 3.38. The highest BCUT2D eigenvalue weighted by Gasteiger charge is 2.19. The minimum Gasteiger partial charge on any atom is -0.309 e. The number of fused-ring (bicyclic) bond motifs is 1. The molecular weight excluding hydrogens is 228 g/mol. The zero-order chi connectivity index (χ0) is 12.1. The monoisotopic (exact) mass is 250 g/mol. The Bertz CT molecular complexity index is 354. The summed E-state index contributed by atoms with van der Waals surface area (Å²) >= 11 is 1.99. The molecule has 1 unspecified atom stereocenters. The molecule has 1 aliphatic heterocycles. The quantitative estimate of drug-likeness (QED) is 0.865. The fourth-order valence-corrected chi connectivity index (χ4v) is 3.27. The van der Waals surface area contributed by atoms with Crippen molar-refractivity contribution in [2.24, 2.45) is 0 Å². The van der Waals surface area contributed by atoms with Crippen LogP contribution in [-0.2, 0) is 0 Å². The summed E-state index contributed by atoms with van der Waals surface area (Å²) in [5, 5.41) is 3.69. The summed E-state index contributed by atoms with van der Waals surface area (Å²) in [4.78, 5) is 3.80. The number of hydrogen-bond acceptors (Lipinski definition) is 3. The number of benzene rings is 1. The molecule has 0 aliphatic carbocycles. The summed E-state index contributed by atoms with van der Waals surface area (Å²) in [7, 11) is 2.17. The van der Waals surface area contributed by atoms with Crippen molar-refractivity contribution in [1.82, 2.24) is 10.2 Å². The van der Waals surface area contributed by atoms with Crippen LogP contribution in [0.15, 0.2) is 29.2 Å². The van der Waals surface area contributed by atoms with Crippen molar-refractivity contribution in [2.45, 2.75) is 24.3 Å². The maximum Gasteiger partial charge on any atom is 0.0339 e. The van der Waals surface area contributed by atoms with Crippen molar-refractivity contribution in [3.63, 3.8) is 0 Å². The summed E-state index contributed by atoms with van der Waals surface area (Å²) in [6.45, 7) is 5.53. The van der Waals surface area contributed by atoms with E-state index < -0.39 is 0 Å². The van der Waals surface area contributed by atoms with Gasteiger partial charge < -0.3 is 10.2 Å². The van der Waals surface area contributed by atoms with Crippen LogP contribution in [0.5, 0.6) is 0 Å². The van der Waals surface area contributed by atoms with Gasteiger partial charge in [-0.2, -0.15) is 0 Å². The molecule has 2 rings (SSSR count). The molecule has 0 saturated heterocycles. The van der Waals surface area contributed by atoms with E-state index >= 15 is 0 Å². The summed E-state index contributed by atoms with van der Waals surface area (Å²) < 4.78 is 0. The van der Waals surface area contributed by atoms with Crippen LogP contribution in [0, 0.1) is 0 Å². The van der Waals surface area contributed by atoms with E-state index in [1.165, 1.54) is 22.6 Å². The van der Waals surface area contributed by atoms with Gasteiger partial charge in [0.25, 0.3) is 0 Å². The highest BCUT2D eigenvalue weighted by atomic mass is 32.2. The van der Waals surface area contributed by atoms with Crippen LogP contribution in [0.2, 0.25) is 0 Å². The van der Waals surface area contributed by atoms with Gasteiger partial charge in [-0.25, -0.2) is 0 Å². The van der Waals surface area contributed by atoms with Gasteiger partial charge in [-0.05, 0) is 37.4 Å². The molecule has 94 valence electrons. The van der Waals surface area contributed by atoms with Crippen LogP contribution in [0.1, 0.15) is 24.9 Å². The Morgan fingerprint density at radius 3 is 3.06 bits per heavy atom. The van der Waals surface area contributed by atoms with Gasteiger partial charge in [0, 0.05) is 24.0 Å². The lowest BCUT2D eigenvalue weighted by Crippen LogP contribution is -2.32. The van der Waals surface area contributed by atoms with Gasteiger partial charge in [-0.3, -0.25) is 0 Å². The predicted octanol–water partition coefficient (Wildman–Crippen LogP) is 2.76. The first-order chi connectivity index (χ1) is 8.31. The molecule has 2 nitrogen and oxygen atoms in total. The maximum atomic E-state index is 3.69. The highest BCUT2D eigenvalue weighted by Crippen LogP contribution is 2.35. The van der Waals surface area contributed by atoms with Crippen LogP contribution in [0.4, 0.5) is 0 Å². The Morgan fingerprint density at radius 2 is 2.24 bits per heavy atom. The number of likely N-dealkylation sites (N-methyl/N-ethyl adjacent to an activating group) is 1. The van der Waals surface area contributed by atoms with Crippen LogP contribution >= 0.6 is 11.8 Å². The minimum atomic E-state index is 0.553. The maximum absolute atomic E-state index is 3.69. The third-order valence-corrected chi connectivity index (χ3v) is 4.51. The SMILES string of the molecule is CCN(C)CCNC1CCSc2ccccc21. The zero-order valence-corrected chi connectivity index (χ0v) is 11.6. The largest absolute Gasteiger partial charge is 0.309 e. The van der Waals surface area contributed by atoms with E-state index in [1.54, 1.807) is 0 Å². The average molecular weight is 250 g/mol. The number of nitrogens with one attached hydrogen (secondary N) is 1. The number of thioether (sulfide) groups is 1. The van der Waals surface area contributed by atoms with Gasteiger partial charge in [0.05, 0.1) is 0 Å². The smallest absolute Gasteiger partial charge is 0.0339 e. The molecule has 1 N–H and O–H groups in total. The second-order valence-electron chi connectivity index (χ2n) is 4.58. The van der Waals surface area contributed by atoms with E-state index in [-0.39, 0.29) is 0 Å². The van der Waals surface area contributed by atoms with Crippen LogP contribution < -0.4 is 5.32 Å². The van der Waals surface area contributed by atoms with Crippen LogP contribution in [0.3, 0.4) is 0 Å². The first kappa shape index (κ1) is 12.9. The molecule has 0 fully saturated rings. The number of rotatable bonds is 5. The van der Waals surface area contributed by atoms with Crippen molar-refractivity contribution in [1.29, 1.82) is 0 Å². The highest BCUT2D eigenvalue weighted by molar-refractivity contribution is 7.99. The first-order valence-corrected chi connectivity index (χ1v) is 7.43. The van der Waals surface area contributed by atoms with Gasteiger partial charge >= 0.3 is 0 Å². The zero-order valence-electron chi connectivity index (χ0n) is 10.8. The summed E-state index contributed by atoms with van der Waals surface area (Å²) in [6.07, 6.45) is 1.25. The molecule has 0 bridgehead atoms. The van der Waals surface area contributed by atoms with E-state index in [1.807, 2.05) is 11.8 Å². The summed E-state index contributed by atoms with van der Waals surface area (Å²) in [6, 6.07) is 9.35. The molecule has 1 heterocycles. The van der Waals surface area contributed by atoms with Crippen molar-refractivity contribution < 1.29 is 0 Å². The fourth-order valence-electron chi connectivity index (χ4n) is 2.14. The van der Waals surface area contributed by atoms with Crippen molar-refractivity contribution in [3.8, 4) is 0 Å². The average Bonchev–Trinajstić information content (AvgIpc) is 2.39. The fraction of sp³-hybridized carbons (Fsp3) is 0.571. The van der Waals surface area contributed by atoms with Crippen molar-refractivity contribution >= 4 is 11.8 Å². The number of hydrogen-bond donors (Lipinski definition) is 1. The van der Waals surface area contributed by atoms with E-state index in [0.29, 0.717) is 6.04 Å². The molecule has 1 atom stereocenters. The van der Waals surface area contributed by atoms with Crippen LogP contribution in [-0.4, -0.2) is 37.3 Å². The molecule has 3 heteroatoms. The topological polar surface area (TPSA) is 15.3 Å². The molecule has 1 aromatic carbocycles. The Kier molecular flexibility index (Phi) is 4.89. The molecule has 0 amide bonds. The molecule has 1 aromatic rings. The second kappa shape index (κ2) is 6.43. The van der Waals surface area contributed by atoms with E-state index in [9.17, 15) is 0 Å². The van der Waals surface area contributed by atoms with Crippen molar-refractivity contribution in [2.75, 3.05) is 32.4 Å². The van der Waals surface area contributed by atoms with E-state index in [2.05, 4.69) is 48.5 Å². The molecule has 1 aliphatic rings. The van der Waals surface area contributed by atoms with Gasteiger partial charge in [0.1, 0.15) is 0 Å². The molecular formula is C14H22N2S. The van der Waals surface area contributed by atoms with Crippen LogP contribution in [0.25, 0.3) is 0 Å². The molecule has 0 radical (unpaired) electrons. The van der Waals surface area contributed by atoms with E-state index in [0.717, 1.165) is 19.6 Å². The first-order valence-electron chi connectivity index (χ1n) is 6.45. The predicted molar refractivity (Wildman–Crippen MR) is 75.7 cm³/mol.